The summed E-state index contributed by atoms with van der Waals surface area (Å²) < 4.78 is 45.3. The molecule has 10 heteroatoms. The number of ketones is 1. The van der Waals surface area contributed by atoms with Crippen LogP contribution in [-0.2, 0) is 29.3 Å². The van der Waals surface area contributed by atoms with Crippen LogP contribution >= 0.6 is 0 Å². The van der Waals surface area contributed by atoms with Gasteiger partial charge in [0.1, 0.15) is 12.4 Å². The SMILES string of the molecule is NC/C(=C\F)COc1ccc(S(=O)(=O)NC(=O)Nc2c3c(cc4c2C(=O)CC4)CCC3)cc1. The molecule has 0 atom stereocenters. The highest BCUT2D eigenvalue weighted by Gasteiger charge is 2.30. The molecule has 2 aromatic carbocycles. The molecule has 0 bridgehead atoms. The van der Waals surface area contributed by atoms with E-state index in [0.717, 1.165) is 36.0 Å². The van der Waals surface area contributed by atoms with E-state index in [1.165, 1.54) is 24.3 Å². The monoisotopic (exact) mass is 473 g/mol. The molecule has 33 heavy (non-hydrogen) atoms. The van der Waals surface area contributed by atoms with E-state index in [1.807, 2.05) is 10.8 Å². The summed E-state index contributed by atoms with van der Waals surface area (Å²) in [6.07, 6.45) is 3.89. The van der Waals surface area contributed by atoms with Crippen molar-refractivity contribution < 1.29 is 27.1 Å². The number of halogens is 1. The summed E-state index contributed by atoms with van der Waals surface area (Å²) in [5.41, 5.74) is 9.43. The fourth-order valence-corrected chi connectivity index (χ4v) is 5.09. The Morgan fingerprint density at radius 1 is 1.12 bits per heavy atom. The first-order valence-corrected chi connectivity index (χ1v) is 12.1. The first-order chi connectivity index (χ1) is 15.8. The lowest BCUT2D eigenvalue weighted by atomic mass is 9.98. The Morgan fingerprint density at radius 3 is 2.58 bits per heavy atom. The number of amides is 2. The number of carbonyl (C=O) groups excluding carboxylic acids is 2. The Labute approximate surface area is 191 Å². The van der Waals surface area contributed by atoms with E-state index in [0.29, 0.717) is 36.2 Å². The molecule has 2 aliphatic carbocycles. The number of ether oxygens (including phenoxy) is 1. The average Bonchev–Trinajstić information content (AvgIpc) is 3.41. The van der Waals surface area contributed by atoms with Crippen LogP contribution in [0.25, 0.3) is 0 Å². The van der Waals surface area contributed by atoms with E-state index in [-0.39, 0.29) is 29.4 Å². The predicted octanol–water partition coefficient (Wildman–Crippen LogP) is 3.01. The molecule has 0 saturated carbocycles. The summed E-state index contributed by atoms with van der Waals surface area (Å²) in [6, 6.07) is 6.44. The number of urea groups is 1. The number of nitrogens with one attached hydrogen (secondary N) is 2. The summed E-state index contributed by atoms with van der Waals surface area (Å²) in [5, 5.41) is 2.63. The number of sulfonamides is 1. The number of aryl methyl sites for hydroxylation is 2. The van der Waals surface area contributed by atoms with Crippen LogP contribution in [0.5, 0.6) is 5.75 Å². The van der Waals surface area contributed by atoms with Crippen LogP contribution in [0.3, 0.4) is 0 Å². The van der Waals surface area contributed by atoms with Gasteiger partial charge in [-0.25, -0.2) is 22.3 Å². The van der Waals surface area contributed by atoms with Gasteiger partial charge in [-0.2, -0.15) is 0 Å². The van der Waals surface area contributed by atoms with Gasteiger partial charge in [-0.1, -0.05) is 6.07 Å². The van der Waals surface area contributed by atoms with Crippen molar-refractivity contribution in [3.05, 3.63) is 64.5 Å². The molecular formula is C23H24FN3O5S. The number of nitrogens with two attached hydrogens (primary N) is 1. The molecule has 0 spiro atoms. The summed E-state index contributed by atoms with van der Waals surface area (Å²) in [4.78, 5) is 24.9. The van der Waals surface area contributed by atoms with E-state index in [1.54, 1.807) is 0 Å². The first kappa shape index (κ1) is 22.9. The number of hydrogen-bond acceptors (Lipinski definition) is 6. The van der Waals surface area contributed by atoms with Gasteiger partial charge in [0.2, 0.25) is 0 Å². The molecule has 2 aromatic rings. The van der Waals surface area contributed by atoms with Crippen molar-refractivity contribution in [1.29, 1.82) is 0 Å². The van der Waals surface area contributed by atoms with Crippen molar-refractivity contribution in [1.82, 2.24) is 4.72 Å². The lowest BCUT2D eigenvalue weighted by Gasteiger charge is -2.16. The van der Waals surface area contributed by atoms with E-state index in [4.69, 9.17) is 10.5 Å². The third-order valence-electron chi connectivity index (χ3n) is 5.82. The van der Waals surface area contributed by atoms with Crippen molar-refractivity contribution in [3.8, 4) is 5.75 Å². The number of Topliss-reactive ketones (excluding diaryl/α,β-unsaturated/α-hetero) is 1. The fraction of sp³-hybridized carbons (Fsp3) is 0.304. The van der Waals surface area contributed by atoms with E-state index >= 15 is 0 Å². The Kier molecular flexibility index (Phi) is 6.48. The molecule has 0 heterocycles. The van der Waals surface area contributed by atoms with Crippen molar-refractivity contribution >= 4 is 27.5 Å². The largest absolute Gasteiger partial charge is 0.489 e. The van der Waals surface area contributed by atoms with Crippen molar-refractivity contribution in [2.45, 2.75) is 37.0 Å². The van der Waals surface area contributed by atoms with Crippen LogP contribution in [0.4, 0.5) is 14.9 Å². The number of rotatable bonds is 7. The zero-order valence-electron chi connectivity index (χ0n) is 17.8. The Hall–Kier alpha value is -3.24. The van der Waals surface area contributed by atoms with Crippen LogP contribution in [0.15, 0.2) is 47.1 Å². The number of hydrogen-bond donors (Lipinski definition) is 3. The lowest BCUT2D eigenvalue weighted by Crippen LogP contribution is -2.35. The van der Waals surface area contributed by atoms with Gasteiger partial charge >= 0.3 is 6.03 Å². The van der Waals surface area contributed by atoms with Gasteiger partial charge in [0.05, 0.1) is 16.9 Å². The molecule has 4 rings (SSSR count). The third-order valence-corrected chi connectivity index (χ3v) is 7.17. The second kappa shape index (κ2) is 9.32. The Bertz CT molecular complexity index is 1240. The quantitative estimate of drug-likeness (QED) is 0.567. The standard InChI is InChI=1S/C23H24FN3O5S/c24-11-14(12-25)13-32-17-5-7-18(8-6-17)33(30,31)27-23(29)26-22-19-3-1-2-15(19)10-16-4-9-20(28)21(16)22/h5-8,10-11H,1-4,9,12-13,25H2,(H2,26,27,29)/b14-11+. The minimum absolute atomic E-state index is 0.00141. The summed E-state index contributed by atoms with van der Waals surface area (Å²) in [7, 11) is -4.17. The molecular weight excluding hydrogens is 449 g/mol. The maximum absolute atomic E-state index is 12.7. The van der Waals surface area contributed by atoms with Crippen LogP contribution in [0.1, 0.15) is 39.9 Å². The van der Waals surface area contributed by atoms with Gasteiger partial charge < -0.3 is 15.8 Å². The number of benzene rings is 2. The molecule has 0 fully saturated rings. The van der Waals surface area contributed by atoms with Gasteiger partial charge in [0.25, 0.3) is 10.0 Å². The highest BCUT2D eigenvalue weighted by Crippen LogP contribution is 2.38. The smallest absolute Gasteiger partial charge is 0.333 e. The van der Waals surface area contributed by atoms with E-state index < -0.39 is 16.1 Å². The maximum atomic E-state index is 12.7. The molecule has 4 N–H and O–H groups in total. The minimum Gasteiger partial charge on any atom is -0.489 e. The highest BCUT2D eigenvalue weighted by atomic mass is 32.2. The molecule has 0 saturated heterocycles. The second-order valence-electron chi connectivity index (χ2n) is 7.99. The second-order valence-corrected chi connectivity index (χ2v) is 9.67. The molecule has 8 nitrogen and oxygen atoms in total. The zero-order valence-corrected chi connectivity index (χ0v) is 18.6. The Morgan fingerprint density at radius 2 is 1.88 bits per heavy atom. The number of fused-ring (bicyclic) bond motifs is 2. The van der Waals surface area contributed by atoms with Crippen LogP contribution < -0.4 is 20.5 Å². The zero-order chi connectivity index (χ0) is 23.6. The van der Waals surface area contributed by atoms with Gasteiger partial charge in [-0.15, -0.1) is 0 Å². The number of anilines is 1. The molecule has 2 aliphatic rings. The van der Waals surface area contributed by atoms with Gasteiger partial charge in [0.15, 0.2) is 5.78 Å². The van der Waals surface area contributed by atoms with Crippen LogP contribution in [0, 0.1) is 0 Å². The van der Waals surface area contributed by atoms with Crippen LogP contribution in [0.2, 0.25) is 0 Å². The number of carbonyl (C=O) groups is 2. The van der Waals surface area contributed by atoms with Crippen LogP contribution in [-0.4, -0.2) is 33.4 Å². The van der Waals surface area contributed by atoms with E-state index in [9.17, 15) is 22.4 Å². The van der Waals surface area contributed by atoms with Crippen molar-refractivity contribution in [2.24, 2.45) is 5.73 Å². The molecule has 0 unspecified atom stereocenters. The molecule has 0 aromatic heterocycles. The van der Waals surface area contributed by atoms with Crippen molar-refractivity contribution in [2.75, 3.05) is 18.5 Å². The summed E-state index contributed by atoms with van der Waals surface area (Å²) in [6.45, 7) is -0.0639. The summed E-state index contributed by atoms with van der Waals surface area (Å²) >= 11 is 0. The summed E-state index contributed by atoms with van der Waals surface area (Å²) in [5.74, 6) is 0.272. The lowest BCUT2D eigenvalue weighted by molar-refractivity contribution is 0.0995. The maximum Gasteiger partial charge on any atom is 0.333 e. The molecule has 2 amide bonds. The van der Waals surface area contributed by atoms with Gasteiger partial charge in [0, 0.05) is 24.1 Å². The molecule has 174 valence electrons. The van der Waals surface area contributed by atoms with E-state index in [2.05, 4.69) is 5.32 Å². The predicted molar refractivity (Wildman–Crippen MR) is 121 cm³/mol. The highest BCUT2D eigenvalue weighted by molar-refractivity contribution is 7.90. The van der Waals surface area contributed by atoms with Gasteiger partial charge in [-0.3, -0.25) is 4.79 Å². The fourth-order valence-electron chi connectivity index (χ4n) is 4.18. The van der Waals surface area contributed by atoms with Crippen molar-refractivity contribution in [3.63, 3.8) is 0 Å². The average molecular weight is 474 g/mol. The first-order valence-electron chi connectivity index (χ1n) is 10.6. The minimum atomic E-state index is -4.17. The third kappa shape index (κ3) is 4.76. The topological polar surface area (TPSA) is 128 Å². The normalized spacial score (nSPS) is 15.2. The Balaban J connectivity index is 1.48. The molecule has 0 radical (unpaired) electrons. The molecule has 0 aliphatic heterocycles. The van der Waals surface area contributed by atoms with Gasteiger partial charge in [-0.05, 0) is 66.6 Å².